The van der Waals surface area contributed by atoms with Gasteiger partial charge in [0.15, 0.2) is 5.13 Å². The molecule has 0 saturated carbocycles. The van der Waals surface area contributed by atoms with Gasteiger partial charge in [-0.1, -0.05) is 22.9 Å². The smallest absolute Gasteiger partial charge is 0.236 e. The largest absolute Gasteiger partial charge is 0.378 e. The molecule has 20 heavy (non-hydrogen) atoms. The Balaban J connectivity index is 1.64. The molecule has 1 N–H and O–H groups in total. The average Bonchev–Trinajstić information content (AvgIpc) is 2.85. The lowest BCUT2D eigenvalue weighted by Crippen LogP contribution is -2.41. The normalized spacial score (nSPS) is 15.2. The van der Waals surface area contributed by atoms with Crippen molar-refractivity contribution in [3.63, 3.8) is 0 Å². The SMILES string of the molecule is O=C(CSCC(=O)N1CCOCC1)Nc1ncc(Cl)s1. The van der Waals surface area contributed by atoms with E-state index in [2.05, 4.69) is 10.3 Å². The Labute approximate surface area is 129 Å². The summed E-state index contributed by atoms with van der Waals surface area (Å²) >= 11 is 8.21. The number of carbonyl (C=O) groups excluding carboxylic acids is 2. The van der Waals surface area contributed by atoms with Crippen molar-refractivity contribution in [2.75, 3.05) is 43.1 Å². The molecule has 9 heteroatoms. The number of halogens is 1. The standard InChI is InChI=1S/C11H14ClN3O3S2/c12-8-5-13-11(20-8)14-9(16)6-19-7-10(17)15-1-3-18-4-2-15/h5H,1-4,6-7H2,(H,13,14,16). The van der Waals surface area contributed by atoms with Crippen molar-refractivity contribution in [3.8, 4) is 0 Å². The van der Waals surface area contributed by atoms with E-state index in [-0.39, 0.29) is 17.6 Å². The van der Waals surface area contributed by atoms with E-state index in [0.29, 0.717) is 41.5 Å². The molecule has 0 spiro atoms. The van der Waals surface area contributed by atoms with E-state index < -0.39 is 0 Å². The van der Waals surface area contributed by atoms with Crippen LogP contribution in [0.15, 0.2) is 6.20 Å². The Morgan fingerprint density at radius 2 is 2.20 bits per heavy atom. The number of thiazole rings is 1. The van der Waals surface area contributed by atoms with Gasteiger partial charge in [-0.15, -0.1) is 11.8 Å². The maximum absolute atomic E-state index is 11.8. The molecule has 1 saturated heterocycles. The topological polar surface area (TPSA) is 71.5 Å². The highest BCUT2D eigenvalue weighted by molar-refractivity contribution is 8.00. The molecule has 2 rings (SSSR count). The number of rotatable bonds is 5. The fourth-order valence-electron chi connectivity index (χ4n) is 1.60. The second kappa shape index (κ2) is 7.82. The van der Waals surface area contributed by atoms with Gasteiger partial charge in [0, 0.05) is 13.1 Å². The van der Waals surface area contributed by atoms with Crippen molar-refractivity contribution in [2.24, 2.45) is 0 Å². The number of carbonyl (C=O) groups is 2. The summed E-state index contributed by atoms with van der Waals surface area (Å²) in [7, 11) is 0. The maximum Gasteiger partial charge on any atom is 0.236 e. The van der Waals surface area contributed by atoms with Crippen LogP contribution in [0.25, 0.3) is 0 Å². The minimum Gasteiger partial charge on any atom is -0.378 e. The van der Waals surface area contributed by atoms with Gasteiger partial charge in [-0.3, -0.25) is 9.59 Å². The zero-order valence-electron chi connectivity index (χ0n) is 10.6. The number of nitrogens with zero attached hydrogens (tertiary/aromatic N) is 2. The van der Waals surface area contributed by atoms with E-state index in [4.69, 9.17) is 16.3 Å². The third-order valence-electron chi connectivity index (χ3n) is 2.55. The van der Waals surface area contributed by atoms with Gasteiger partial charge in [-0.25, -0.2) is 4.98 Å². The van der Waals surface area contributed by atoms with Crippen molar-refractivity contribution in [1.29, 1.82) is 0 Å². The molecular weight excluding hydrogens is 322 g/mol. The summed E-state index contributed by atoms with van der Waals surface area (Å²) in [6, 6.07) is 0. The molecule has 0 aromatic carbocycles. The predicted molar refractivity (Wildman–Crippen MR) is 80.5 cm³/mol. The first-order chi connectivity index (χ1) is 9.65. The molecule has 0 radical (unpaired) electrons. The molecule has 0 unspecified atom stereocenters. The van der Waals surface area contributed by atoms with Gasteiger partial charge < -0.3 is 15.0 Å². The Bertz CT molecular complexity index is 477. The first kappa shape index (κ1) is 15.6. The van der Waals surface area contributed by atoms with Crippen LogP contribution in [0.4, 0.5) is 5.13 Å². The highest BCUT2D eigenvalue weighted by Gasteiger charge is 2.17. The molecule has 2 amide bonds. The fourth-order valence-corrected chi connectivity index (χ4v) is 3.15. The Morgan fingerprint density at radius 3 is 2.85 bits per heavy atom. The van der Waals surface area contributed by atoms with Crippen molar-refractivity contribution in [2.45, 2.75) is 0 Å². The van der Waals surface area contributed by atoms with Gasteiger partial charge in [0.2, 0.25) is 11.8 Å². The van der Waals surface area contributed by atoms with Crippen LogP contribution in [-0.4, -0.2) is 59.5 Å². The highest BCUT2D eigenvalue weighted by atomic mass is 35.5. The Morgan fingerprint density at radius 1 is 1.45 bits per heavy atom. The summed E-state index contributed by atoms with van der Waals surface area (Å²) < 4.78 is 5.70. The summed E-state index contributed by atoms with van der Waals surface area (Å²) in [5.41, 5.74) is 0. The average molecular weight is 336 g/mol. The molecule has 0 aliphatic carbocycles. The lowest BCUT2D eigenvalue weighted by atomic mass is 10.4. The second-order valence-corrected chi connectivity index (χ2v) is 6.65. The van der Waals surface area contributed by atoms with Gasteiger partial charge in [-0.2, -0.15) is 0 Å². The Hall–Kier alpha value is -0.830. The molecule has 0 atom stereocenters. The van der Waals surface area contributed by atoms with Gasteiger partial charge in [-0.05, 0) is 0 Å². The molecule has 1 aromatic heterocycles. The Kier molecular flexibility index (Phi) is 6.08. The van der Waals surface area contributed by atoms with Crippen LogP contribution >= 0.6 is 34.7 Å². The minimum absolute atomic E-state index is 0.0448. The van der Waals surface area contributed by atoms with Crippen molar-refractivity contribution in [3.05, 3.63) is 10.5 Å². The van der Waals surface area contributed by atoms with E-state index in [1.54, 1.807) is 4.90 Å². The molecule has 0 bridgehead atoms. The molecule has 110 valence electrons. The number of anilines is 1. The highest BCUT2D eigenvalue weighted by Crippen LogP contribution is 2.22. The van der Waals surface area contributed by atoms with Gasteiger partial charge in [0.1, 0.15) is 4.34 Å². The van der Waals surface area contributed by atoms with E-state index in [0.717, 1.165) is 0 Å². The lowest BCUT2D eigenvalue weighted by molar-refractivity contribution is -0.132. The van der Waals surface area contributed by atoms with E-state index in [1.165, 1.54) is 29.3 Å². The van der Waals surface area contributed by atoms with Crippen LogP contribution in [0.3, 0.4) is 0 Å². The zero-order chi connectivity index (χ0) is 14.4. The van der Waals surface area contributed by atoms with Gasteiger partial charge >= 0.3 is 0 Å². The summed E-state index contributed by atoms with van der Waals surface area (Å²) in [5.74, 6) is 0.374. The second-order valence-electron chi connectivity index (χ2n) is 4.00. The molecular formula is C11H14ClN3O3S2. The third kappa shape index (κ3) is 4.93. The van der Waals surface area contributed by atoms with Crippen molar-refractivity contribution < 1.29 is 14.3 Å². The number of hydrogen-bond acceptors (Lipinski definition) is 6. The molecule has 1 fully saturated rings. The van der Waals surface area contributed by atoms with E-state index in [9.17, 15) is 9.59 Å². The van der Waals surface area contributed by atoms with E-state index >= 15 is 0 Å². The quantitative estimate of drug-likeness (QED) is 0.879. The predicted octanol–water partition coefficient (Wildman–Crippen LogP) is 1.33. The van der Waals surface area contributed by atoms with Gasteiger partial charge in [0.05, 0.1) is 30.9 Å². The summed E-state index contributed by atoms with van der Waals surface area (Å²) in [6.07, 6.45) is 1.48. The lowest BCUT2D eigenvalue weighted by Gasteiger charge is -2.26. The van der Waals surface area contributed by atoms with Gasteiger partial charge in [0.25, 0.3) is 0 Å². The molecule has 1 aliphatic rings. The van der Waals surface area contributed by atoms with Crippen LogP contribution < -0.4 is 5.32 Å². The van der Waals surface area contributed by atoms with Crippen LogP contribution in [-0.2, 0) is 14.3 Å². The summed E-state index contributed by atoms with van der Waals surface area (Å²) in [4.78, 5) is 29.1. The number of aromatic nitrogens is 1. The van der Waals surface area contributed by atoms with Crippen molar-refractivity contribution >= 4 is 51.6 Å². The fraction of sp³-hybridized carbons (Fsp3) is 0.545. The molecule has 1 aliphatic heterocycles. The number of thioether (sulfide) groups is 1. The number of morpholine rings is 1. The van der Waals surface area contributed by atoms with Crippen LogP contribution in [0.1, 0.15) is 0 Å². The number of hydrogen-bond donors (Lipinski definition) is 1. The first-order valence-electron chi connectivity index (χ1n) is 5.99. The number of nitrogens with one attached hydrogen (secondary N) is 1. The summed E-state index contributed by atoms with van der Waals surface area (Å²) in [6.45, 7) is 2.43. The third-order valence-corrected chi connectivity index (χ3v) is 4.49. The van der Waals surface area contributed by atoms with E-state index in [1.807, 2.05) is 0 Å². The monoisotopic (exact) mass is 335 g/mol. The molecule has 1 aromatic rings. The van der Waals surface area contributed by atoms with Crippen molar-refractivity contribution in [1.82, 2.24) is 9.88 Å². The maximum atomic E-state index is 11.8. The van der Waals surface area contributed by atoms with Crippen LogP contribution in [0, 0.1) is 0 Å². The summed E-state index contributed by atoms with van der Waals surface area (Å²) in [5, 5.41) is 3.11. The van der Waals surface area contributed by atoms with Crippen LogP contribution in [0.2, 0.25) is 4.34 Å². The van der Waals surface area contributed by atoms with Crippen LogP contribution in [0.5, 0.6) is 0 Å². The molecule has 6 nitrogen and oxygen atoms in total. The zero-order valence-corrected chi connectivity index (χ0v) is 13.0. The first-order valence-corrected chi connectivity index (χ1v) is 8.34. The number of amides is 2. The molecule has 2 heterocycles. The number of ether oxygens (including phenoxy) is 1. The minimum atomic E-state index is -0.184.